The summed E-state index contributed by atoms with van der Waals surface area (Å²) in [6, 6.07) is 0. The Morgan fingerprint density at radius 1 is 1.33 bits per heavy atom. The van der Waals surface area contributed by atoms with E-state index in [0.29, 0.717) is 19.5 Å². The van der Waals surface area contributed by atoms with Gasteiger partial charge in [0.15, 0.2) is 0 Å². The second-order valence-electron chi connectivity index (χ2n) is 6.67. The summed E-state index contributed by atoms with van der Waals surface area (Å²) in [6.07, 6.45) is 2.28. The van der Waals surface area contributed by atoms with Crippen LogP contribution in [0.1, 0.15) is 40.5 Å². The number of ether oxygens (including phenoxy) is 2. The molecule has 1 heterocycles. The van der Waals surface area contributed by atoms with E-state index in [1.54, 1.807) is 4.90 Å². The highest BCUT2D eigenvalue weighted by molar-refractivity contribution is 7.90. The number of carbonyl (C=O) groups is 1. The molecule has 0 radical (unpaired) electrons. The molecule has 1 amide bonds. The number of hydrogen-bond donors (Lipinski definition) is 0. The van der Waals surface area contributed by atoms with E-state index in [9.17, 15) is 13.2 Å². The smallest absolute Gasteiger partial charge is 0.410 e. The molecule has 6 nitrogen and oxygen atoms in total. The van der Waals surface area contributed by atoms with Crippen LogP contribution in [0.3, 0.4) is 0 Å². The SMILES string of the molecule is CCC1(OCCS(C)(=O)=O)CCN(C(=O)OC(C)(C)C)C1. The van der Waals surface area contributed by atoms with Crippen molar-refractivity contribution in [3.63, 3.8) is 0 Å². The Kier molecular flexibility index (Phi) is 5.66. The summed E-state index contributed by atoms with van der Waals surface area (Å²) >= 11 is 0. The predicted octanol–water partition coefficient (Wildman–Crippen LogP) is 1.84. The minimum Gasteiger partial charge on any atom is -0.444 e. The fourth-order valence-electron chi connectivity index (χ4n) is 2.24. The van der Waals surface area contributed by atoms with Crippen LogP contribution in [0.25, 0.3) is 0 Å². The lowest BCUT2D eigenvalue weighted by Crippen LogP contribution is -2.40. The van der Waals surface area contributed by atoms with Gasteiger partial charge < -0.3 is 14.4 Å². The number of rotatable bonds is 5. The van der Waals surface area contributed by atoms with Gasteiger partial charge in [0, 0.05) is 12.8 Å². The van der Waals surface area contributed by atoms with E-state index in [4.69, 9.17) is 9.47 Å². The highest BCUT2D eigenvalue weighted by Crippen LogP contribution is 2.29. The molecule has 1 saturated heterocycles. The molecule has 1 fully saturated rings. The summed E-state index contributed by atoms with van der Waals surface area (Å²) in [5.74, 6) is 0.00118. The second-order valence-corrected chi connectivity index (χ2v) is 8.93. The summed E-state index contributed by atoms with van der Waals surface area (Å²) in [7, 11) is -3.03. The molecule has 0 N–H and O–H groups in total. The van der Waals surface area contributed by atoms with Crippen LogP contribution in [0.5, 0.6) is 0 Å². The summed E-state index contributed by atoms with van der Waals surface area (Å²) in [6.45, 7) is 8.65. The molecule has 0 bridgehead atoms. The molecule has 1 atom stereocenters. The van der Waals surface area contributed by atoms with Crippen molar-refractivity contribution in [3.8, 4) is 0 Å². The van der Waals surface area contributed by atoms with Crippen LogP contribution >= 0.6 is 0 Å². The molecule has 0 aliphatic carbocycles. The predicted molar refractivity (Wildman–Crippen MR) is 81.1 cm³/mol. The molecule has 0 spiro atoms. The Bertz CT molecular complexity index is 468. The van der Waals surface area contributed by atoms with Gasteiger partial charge in [0.1, 0.15) is 15.4 Å². The largest absolute Gasteiger partial charge is 0.444 e. The number of likely N-dealkylation sites (tertiary alicyclic amines) is 1. The monoisotopic (exact) mass is 321 g/mol. The van der Waals surface area contributed by atoms with E-state index in [1.165, 1.54) is 6.26 Å². The van der Waals surface area contributed by atoms with Gasteiger partial charge in [0.2, 0.25) is 0 Å². The van der Waals surface area contributed by atoms with E-state index in [2.05, 4.69) is 0 Å². The van der Waals surface area contributed by atoms with Gasteiger partial charge in [-0.25, -0.2) is 13.2 Å². The number of nitrogens with zero attached hydrogens (tertiary/aromatic N) is 1. The zero-order chi connectivity index (χ0) is 16.3. The van der Waals surface area contributed by atoms with Crippen molar-refractivity contribution >= 4 is 15.9 Å². The third-order valence-corrected chi connectivity index (χ3v) is 4.38. The van der Waals surface area contributed by atoms with Gasteiger partial charge in [-0.15, -0.1) is 0 Å². The van der Waals surface area contributed by atoms with Crippen molar-refractivity contribution < 1.29 is 22.7 Å². The molecule has 7 heteroatoms. The van der Waals surface area contributed by atoms with Gasteiger partial charge >= 0.3 is 6.09 Å². The first-order chi connectivity index (χ1) is 9.46. The molecule has 21 heavy (non-hydrogen) atoms. The average molecular weight is 321 g/mol. The van der Waals surface area contributed by atoms with Crippen LogP contribution < -0.4 is 0 Å². The fraction of sp³-hybridized carbons (Fsp3) is 0.929. The van der Waals surface area contributed by atoms with Crippen LogP contribution in [0, 0.1) is 0 Å². The minimum atomic E-state index is -3.03. The van der Waals surface area contributed by atoms with Crippen LogP contribution in [0.2, 0.25) is 0 Å². The first kappa shape index (κ1) is 18.2. The molecular weight excluding hydrogens is 294 g/mol. The van der Waals surface area contributed by atoms with E-state index in [0.717, 1.165) is 6.42 Å². The number of carbonyl (C=O) groups excluding carboxylic acids is 1. The van der Waals surface area contributed by atoms with Crippen molar-refractivity contribution in [2.45, 2.75) is 51.7 Å². The fourth-order valence-corrected chi connectivity index (χ4v) is 2.63. The molecule has 0 saturated carbocycles. The third-order valence-electron chi connectivity index (χ3n) is 3.47. The van der Waals surface area contributed by atoms with Crippen molar-refractivity contribution in [1.82, 2.24) is 4.90 Å². The first-order valence-corrected chi connectivity index (χ1v) is 9.32. The number of amides is 1. The Labute approximate surface area is 127 Å². The lowest BCUT2D eigenvalue weighted by atomic mass is 10.00. The van der Waals surface area contributed by atoms with Gasteiger partial charge in [-0.1, -0.05) is 6.92 Å². The minimum absolute atomic E-state index is 0.00118. The molecule has 0 aromatic carbocycles. The summed E-state index contributed by atoms with van der Waals surface area (Å²) in [5.41, 5.74) is -0.979. The van der Waals surface area contributed by atoms with Gasteiger partial charge in [0.05, 0.1) is 24.5 Å². The van der Waals surface area contributed by atoms with Crippen LogP contribution in [-0.2, 0) is 19.3 Å². The molecule has 124 valence electrons. The standard InChI is InChI=1S/C14H27NO5S/c1-6-14(19-9-10-21(5,17)18)7-8-15(11-14)12(16)20-13(2,3)4/h6-11H2,1-5H3. The molecule has 0 aromatic rings. The Hall–Kier alpha value is -0.820. The quantitative estimate of drug-likeness (QED) is 0.772. The first-order valence-electron chi connectivity index (χ1n) is 7.26. The number of hydrogen-bond acceptors (Lipinski definition) is 5. The zero-order valence-electron chi connectivity index (χ0n) is 13.6. The maximum atomic E-state index is 12.0. The lowest BCUT2D eigenvalue weighted by Gasteiger charge is -2.29. The molecule has 1 aliphatic rings. The maximum absolute atomic E-state index is 12.0. The second kappa shape index (κ2) is 6.52. The van der Waals surface area contributed by atoms with E-state index >= 15 is 0 Å². The Morgan fingerprint density at radius 2 is 1.95 bits per heavy atom. The van der Waals surface area contributed by atoms with Crippen molar-refractivity contribution in [2.24, 2.45) is 0 Å². The van der Waals surface area contributed by atoms with Crippen molar-refractivity contribution in [2.75, 3.05) is 31.7 Å². The van der Waals surface area contributed by atoms with E-state index < -0.39 is 21.0 Å². The molecule has 0 aromatic heterocycles. The normalized spacial score (nSPS) is 23.4. The highest BCUT2D eigenvalue weighted by Gasteiger charge is 2.41. The van der Waals surface area contributed by atoms with E-state index in [1.807, 2.05) is 27.7 Å². The van der Waals surface area contributed by atoms with Crippen LogP contribution in [0.4, 0.5) is 4.79 Å². The van der Waals surface area contributed by atoms with Crippen molar-refractivity contribution in [3.05, 3.63) is 0 Å². The maximum Gasteiger partial charge on any atom is 0.410 e. The van der Waals surface area contributed by atoms with Gasteiger partial charge in [-0.05, 0) is 33.6 Å². The van der Waals surface area contributed by atoms with Crippen molar-refractivity contribution in [1.29, 1.82) is 0 Å². The number of sulfone groups is 1. The molecule has 1 aliphatic heterocycles. The van der Waals surface area contributed by atoms with Gasteiger partial charge in [-0.3, -0.25) is 0 Å². The van der Waals surface area contributed by atoms with Crippen LogP contribution in [0.15, 0.2) is 0 Å². The highest BCUT2D eigenvalue weighted by atomic mass is 32.2. The Morgan fingerprint density at radius 3 is 2.43 bits per heavy atom. The molecule has 1 rings (SSSR count). The van der Waals surface area contributed by atoms with E-state index in [-0.39, 0.29) is 18.5 Å². The molecular formula is C14H27NO5S. The average Bonchev–Trinajstić information content (AvgIpc) is 2.70. The third kappa shape index (κ3) is 6.22. The summed E-state index contributed by atoms with van der Waals surface area (Å²) in [5, 5.41) is 0. The van der Waals surface area contributed by atoms with Crippen LogP contribution in [-0.4, -0.2) is 62.3 Å². The summed E-state index contributed by atoms with van der Waals surface area (Å²) < 4.78 is 33.5. The topological polar surface area (TPSA) is 72.9 Å². The van der Waals surface area contributed by atoms with Gasteiger partial charge in [0.25, 0.3) is 0 Å². The molecule has 1 unspecified atom stereocenters. The lowest BCUT2D eigenvalue weighted by molar-refractivity contribution is -0.0355. The van der Waals surface area contributed by atoms with Gasteiger partial charge in [-0.2, -0.15) is 0 Å². The summed E-state index contributed by atoms with van der Waals surface area (Å²) in [4.78, 5) is 13.7. The zero-order valence-corrected chi connectivity index (χ0v) is 14.5. The Balaban J connectivity index is 2.57.